The minimum atomic E-state index is -5.08. The Balaban J connectivity index is 0.000000277. The third kappa shape index (κ3) is 5.46. The van der Waals surface area contributed by atoms with E-state index in [-0.39, 0.29) is 17.6 Å². The number of rotatable bonds is 2. The number of alkyl halides is 3. The van der Waals surface area contributed by atoms with Gasteiger partial charge in [-0.15, -0.1) is 0 Å². The number of carboxylic acid groups (broad SMARTS) is 1. The Labute approximate surface area is 141 Å². The van der Waals surface area contributed by atoms with Gasteiger partial charge in [0.15, 0.2) is 5.76 Å². The summed E-state index contributed by atoms with van der Waals surface area (Å²) >= 11 is 0. The first kappa shape index (κ1) is 19.3. The van der Waals surface area contributed by atoms with Crippen molar-refractivity contribution < 1.29 is 37.0 Å². The second kappa shape index (κ2) is 7.87. The number of carbonyl (C=O) groups is 2. The molecule has 3 rings (SSSR count). The molecule has 0 aliphatic carbocycles. The van der Waals surface area contributed by atoms with Gasteiger partial charge in [-0.05, 0) is 37.9 Å². The zero-order chi connectivity index (χ0) is 18.5. The van der Waals surface area contributed by atoms with E-state index >= 15 is 0 Å². The third-order valence-electron chi connectivity index (χ3n) is 4.02. The van der Waals surface area contributed by atoms with Crippen molar-refractivity contribution >= 4 is 11.9 Å². The SMILES string of the molecule is O=C(N[C@H]1CCO[C@]2(CCNC2)C1)c1ccco1.O=C(O)C(F)(F)F. The molecule has 1 aromatic heterocycles. The number of hydrogen-bond acceptors (Lipinski definition) is 5. The van der Waals surface area contributed by atoms with Crippen LogP contribution in [0.3, 0.4) is 0 Å². The van der Waals surface area contributed by atoms with Gasteiger partial charge < -0.3 is 24.9 Å². The number of nitrogens with one attached hydrogen (secondary N) is 2. The zero-order valence-electron chi connectivity index (χ0n) is 13.3. The molecule has 140 valence electrons. The van der Waals surface area contributed by atoms with Crippen LogP contribution in [0.5, 0.6) is 0 Å². The molecule has 10 heteroatoms. The van der Waals surface area contributed by atoms with Gasteiger partial charge in [0.1, 0.15) is 0 Å². The lowest BCUT2D eigenvalue weighted by Crippen LogP contribution is -2.49. The summed E-state index contributed by atoms with van der Waals surface area (Å²) in [7, 11) is 0. The fourth-order valence-corrected chi connectivity index (χ4v) is 2.83. The molecule has 2 fully saturated rings. The van der Waals surface area contributed by atoms with Gasteiger partial charge in [0.05, 0.1) is 11.9 Å². The topological polar surface area (TPSA) is 101 Å². The summed E-state index contributed by atoms with van der Waals surface area (Å²) in [4.78, 5) is 20.8. The minimum Gasteiger partial charge on any atom is -0.475 e. The molecule has 0 radical (unpaired) electrons. The molecule has 0 bridgehead atoms. The van der Waals surface area contributed by atoms with Crippen LogP contribution in [0.4, 0.5) is 13.2 Å². The van der Waals surface area contributed by atoms with Gasteiger partial charge in [0.25, 0.3) is 5.91 Å². The number of amides is 1. The molecule has 2 atom stereocenters. The molecule has 2 saturated heterocycles. The monoisotopic (exact) mass is 364 g/mol. The highest BCUT2D eigenvalue weighted by atomic mass is 19.4. The highest BCUT2D eigenvalue weighted by Gasteiger charge is 2.40. The maximum atomic E-state index is 11.9. The first-order chi connectivity index (χ1) is 11.7. The smallest absolute Gasteiger partial charge is 0.475 e. The van der Waals surface area contributed by atoms with E-state index in [2.05, 4.69) is 10.6 Å². The summed E-state index contributed by atoms with van der Waals surface area (Å²) in [6, 6.07) is 3.58. The normalized spacial score (nSPS) is 26.0. The summed E-state index contributed by atoms with van der Waals surface area (Å²) in [6.45, 7) is 2.60. The van der Waals surface area contributed by atoms with Gasteiger partial charge >= 0.3 is 12.1 Å². The molecule has 7 nitrogen and oxygen atoms in total. The van der Waals surface area contributed by atoms with Crippen molar-refractivity contribution in [3.05, 3.63) is 24.2 Å². The van der Waals surface area contributed by atoms with Gasteiger partial charge in [-0.2, -0.15) is 13.2 Å². The van der Waals surface area contributed by atoms with E-state index < -0.39 is 12.1 Å². The van der Waals surface area contributed by atoms with Crippen molar-refractivity contribution in [2.24, 2.45) is 0 Å². The Bertz CT molecular complexity index is 582. The molecule has 1 amide bonds. The minimum absolute atomic E-state index is 0.0701. The van der Waals surface area contributed by atoms with Crippen molar-refractivity contribution in [3.63, 3.8) is 0 Å². The number of carboxylic acids is 1. The Morgan fingerprint density at radius 2 is 2.12 bits per heavy atom. The molecule has 1 aromatic rings. The lowest BCUT2D eigenvalue weighted by atomic mass is 9.89. The molecule has 1 spiro atoms. The molecule has 0 aromatic carbocycles. The first-order valence-corrected chi connectivity index (χ1v) is 7.71. The van der Waals surface area contributed by atoms with E-state index in [1.807, 2.05) is 0 Å². The van der Waals surface area contributed by atoms with E-state index in [0.29, 0.717) is 12.4 Å². The fraction of sp³-hybridized carbons (Fsp3) is 0.600. The molecular formula is C15H19F3N2O5. The lowest BCUT2D eigenvalue weighted by Gasteiger charge is -2.37. The second-order valence-corrected chi connectivity index (χ2v) is 5.90. The summed E-state index contributed by atoms with van der Waals surface area (Å²) in [5, 5.41) is 13.5. The number of aliphatic carboxylic acids is 1. The van der Waals surface area contributed by atoms with Crippen LogP contribution in [0.2, 0.25) is 0 Å². The molecule has 25 heavy (non-hydrogen) atoms. The quantitative estimate of drug-likeness (QED) is 0.736. The molecule has 2 aliphatic heterocycles. The van der Waals surface area contributed by atoms with Crippen LogP contribution >= 0.6 is 0 Å². The van der Waals surface area contributed by atoms with Crippen molar-refractivity contribution in [1.29, 1.82) is 0 Å². The van der Waals surface area contributed by atoms with Gasteiger partial charge in [0, 0.05) is 19.2 Å². The molecule has 0 saturated carbocycles. The summed E-state index contributed by atoms with van der Waals surface area (Å²) in [5.41, 5.74) is -0.0701. The molecule has 2 aliphatic rings. The number of halogens is 3. The van der Waals surface area contributed by atoms with Gasteiger partial charge in [-0.25, -0.2) is 4.79 Å². The molecule has 0 unspecified atom stereocenters. The Hall–Kier alpha value is -2.07. The zero-order valence-corrected chi connectivity index (χ0v) is 13.3. The van der Waals surface area contributed by atoms with E-state index in [0.717, 1.165) is 32.4 Å². The Kier molecular flexibility index (Phi) is 6.07. The average molecular weight is 364 g/mol. The predicted molar refractivity (Wildman–Crippen MR) is 79.1 cm³/mol. The number of furan rings is 1. The number of ether oxygens (including phenoxy) is 1. The van der Waals surface area contributed by atoms with Gasteiger partial charge in [0.2, 0.25) is 0 Å². The Morgan fingerprint density at radius 3 is 2.64 bits per heavy atom. The van der Waals surface area contributed by atoms with Crippen LogP contribution < -0.4 is 10.6 Å². The lowest BCUT2D eigenvalue weighted by molar-refractivity contribution is -0.192. The number of hydrogen-bond donors (Lipinski definition) is 3. The standard InChI is InChI=1S/C13H18N2O3.C2HF3O2/c16-12(11-2-1-6-17-11)15-10-3-7-18-13(8-10)4-5-14-9-13;3-2(4,5)1(6)7/h1-2,6,10,14H,3-5,7-9H2,(H,15,16);(H,6,7)/t10-,13+;/m0./s1. The van der Waals surface area contributed by atoms with E-state index in [1.165, 1.54) is 6.26 Å². The number of carbonyl (C=O) groups excluding carboxylic acids is 1. The molecular weight excluding hydrogens is 345 g/mol. The predicted octanol–water partition coefficient (Wildman–Crippen LogP) is 1.55. The Morgan fingerprint density at radius 1 is 1.40 bits per heavy atom. The summed E-state index contributed by atoms with van der Waals surface area (Å²) in [6.07, 6.45) is -0.790. The van der Waals surface area contributed by atoms with E-state index in [9.17, 15) is 18.0 Å². The fourth-order valence-electron chi connectivity index (χ4n) is 2.83. The molecule has 3 heterocycles. The van der Waals surface area contributed by atoms with E-state index in [1.54, 1.807) is 12.1 Å². The largest absolute Gasteiger partial charge is 0.490 e. The average Bonchev–Trinajstić information content (AvgIpc) is 3.19. The maximum Gasteiger partial charge on any atom is 0.490 e. The van der Waals surface area contributed by atoms with Crippen LogP contribution in [-0.2, 0) is 9.53 Å². The summed E-state index contributed by atoms with van der Waals surface area (Å²) in [5.74, 6) is -2.51. The molecule has 3 N–H and O–H groups in total. The third-order valence-corrected chi connectivity index (χ3v) is 4.02. The highest BCUT2D eigenvalue weighted by molar-refractivity contribution is 5.91. The van der Waals surface area contributed by atoms with Crippen LogP contribution in [0.1, 0.15) is 29.8 Å². The van der Waals surface area contributed by atoms with Crippen LogP contribution in [-0.4, -0.2) is 54.5 Å². The van der Waals surface area contributed by atoms with Gasteiger partial charge in [-0.1, -0.05) is 0 Å². The second-order valence-electron chi connectivity index (χ2n) is 5.90. The van der Waals surface area contributed by atoms with E-state index in [4.69, 9.17) is 19.1 Å². The van der Waals surface area contributed by atoms with Crippen molar-refractivity contribution in [2.45, 2.75) is 37.1 Å². The first-order valence-electron chi connectivity index (χ1n) is 7.71. The van der Waals surface area contributed by atoms with Crippen molar-refractivity contribution in [2.75, 3.05) is 19.7 Å². The van der Waals surface area contributed by atoms with Crippen molar-refractivity contribution in [1.82, 2.24) is 10.6 Å². The van der Waals surface area contributed by atoms with Crippen LogP contribution in [0.15, 0.2) is 22.8 Å². The summed E-state index contributed by atoms with van der Waals surface area (Å²) < 4.78 is 42.7. The van der Waals surface area contributed by atoms with Gasteiger partial charge in [-0.3, -0.25) is 4.79 Å². The van der Waals surface area contributed by atoms with Crippen LogP contribution in [0, 0.1) is 0 Å². The highest BCUT2D eigenvalue weighted by Crippen LogP contribution is 2.30. The maximum absolute atomic E-state index is 11.9. The van der Waals surface area contributed by atoms with Crippen LogP contribution in [0.25, 0.3) is 0 Å². The van der Waals surface area contributed by atoms with Crippen molar-refractivity contribution in [3.8, 4) is 0 Å².